The van der Waals surface area contributed by atoms with Crippen molar-refractivity contribution in [3.8, 4) is 22.0 Å². The molecule has 96 valence electrons. The largest absolute Gasteiger partial charge is 0.287 e. The minimum absolute atomic E-state index is 0.113. The van der Waals surface area contributed by atoms with E-state index in [0.29, 0.717) is 27.1 Å². The van der Waals surface area contributed by atoms with Crippen molar-refractivity contribution < 1.29 is 4.79 Å². The molecule has 0 aliphatic heterocycles. The summed E-state index contributed by atoms with van der Waals surface area (Å²) in [5, 5.41) is 3.09. The van der Waals surface area contributed by atoms with Gasteiger partial charge in [0.05, 0.1) is 0 Å². The normalized spacial score (nSPS) is 12.3. The van der Waals surface area contributed by atoms with Crippen LogP contribution in [-0.2, 0) is 0 Å². The SMILES string of the molecule is O=C1c2cc(Cl)ccc2-c2cnc(-c3nccs3)nc21. The molecule has 6 heteroatoms. The highest BCUT2D eigenvalue weighted by atomic mass is 35.5. The van der Waals surface area contributed by atoms with Crippen LogP contribution < -0.4 is 0 Å². The quantitative estimate of drug-likeness (QED) is 0.540. The first-order chi connectivity index (χ1) is 9.74. The number of rotatable bonds is 1. The minimum Gasteiger partial charge on any atom is -0.287 e. The van der Waals surface area contributed by atoms with Crippen LogP contribution in [-0.4, -0.2) is 20.7 Å². The predicted octanol–water partition coefficient (Wildman–Crippen LogP) is 3.46. The number of ketones is 1. The van der Waals surface area contributed by atoms with E-state index in [4.69, 9.17) is 11.6 Å². The Balaban J connectivity index is 1.92. The fraction of sp³-hybridized carbons (Fsp3) is 0. The molecule has 2 heterocycles. The number of carbonyl (C=O) groups excluding carboxylic acids is 1. The molecule has 0 bridgehead atoms. The molecule has 4 nitrogen and oxygen atoms in total. The summed E-state index contributed by atoms with van der Waals surface area (Å²) >= 11 is 7.39. The van der Waals surface area contributed by atoms with Gasteiger partial charge in [-0.3, -0.25) is 4.79 Å². The van der Waals surface area contributed by atoms with Crippen LogP contribution in [0.15, 0.2) is 36.0 Å². The van der Waals surface area contributed by atoms with Crippen LogP contribution in [0.5, 0.6) is 0 Å². The molecule has 0 N–H and O–H groups in total. The molecule has 1 aliphatic carbocycles. The van der Waals surface area contributed by atoms with Gasteiger partial charge in [-0.25, -0.2) is 15.0 Å². The molecule has 0 saturated carbocycles. The van der Waals surface area contributed by atoms with Crippen molar-refractivity contribution in [3.05, 3.63) is 52.3 Å². The summed E-state index contributed by atoms with van der Waals surface area (Å²) in [6.45, 7) is 0. The average molecular weight is 300 g/mol. The smallest absolute Gasteiger partial charge is 0.212 e. The van der Waals surface area contributed by atoms with Crippen LogP contribution in [0.2, 0.25) is 5.02 Å². The number of fused-ring (bicyclic) bond motifs is 3. The number of hydrogen-bond donors (Lipinski definition) is 0. The highest BCUT2D eigenvalue weighted by Gasteiger charge is 2.29. The number of thiazole rings is 1. The van der Waals surface area contributed by atoms with E-state index in [9.17, 15) is 4.79 Å². The summed E-state index contributed by atoms with van der Waals surface area (Å²) in [7, 11) is 0. The number of hydrogen-bond acceptors (Lipinski definition) is 5. The summed E-state index contributed by atoms with van der Waals surface area (Å²) in [4.78, 5) is 25.2. The topological polar surface area (TPSA) is 55.7 Å². The Bertz CT molecular complexity index is 846. The lowest BCUT2D eigenvalue weighted by Crippen LogP contribution is -2.01. The van der Waals surface area contributed by atoms with Crippen molar-refractivity contribution in [2.75, 3.05) is 0 Å². The van der Waals surface area contributed by atoms with Crippen LogP contribution in [0.4, 0.5) is 0 Å². The molecule has 0 atom stereocenters. The first-order valence-electron chi connectivity index (χ1n) is 5.85. The second-order valence-corrected chi connectivity index (χ2v) is 5.64. The molecular formula is C14H6ClN3OS. The summed E-state index contributed by atoms with van der Waals surface area (Å²) < 4.78 is 0. The van der Waals surface area contributed by atoms with E-state index < -0.39 is 0 Å². The molecule has 0 radical (unpaired) electrons. The maximum absolute atomic E-state index is 12.4. The first-order valence-corrected chi connectivity index (χ1v) is 7.11. The zero-order valence-corrected chi connectivity index (χ0v) is 11.6. The van der Waals surface area contributed by atoms with Crippen LogP contribution >= 0.6 is 22.9 Å². The molecule has 0 unspecified atom stereocenters. The Morgan fingerprint density at radius 1 is 1.10 bits per heavy atom. The Hall–Kier alpha value is -2.11. The Morgan fingerprint density at radius 2 is 2.00 bits per heavy atom. The Morgan fingerprint density at radius 3 is 2.80 bits per heavy atom. The standard InChI is InChI=1S/C14H6ClN3OS/c15-7-1-2-8-9(5-7)12(19)11-10(8)6-17-13(18-11)14-16-3-4-20-14/h1-6H. The molecule has 20 heavy (non-hydrogen) atoms. The van der Waals surface area contributed by atoms with E-state index >= 15 is 0 Å². The minimum atomic E-state index is -0.113. The van der Waals surface area contributed by atoms with Crippen LogP contribution in [0, 0.1) is 0 Å². The zero-order chi connectivity index (χ0) is 13.7. The molecule has 4 rings (SSSR count). The molecule has 0 fully saturated rings. The van der Waals surface area contributed by atoms with E-state index in [2.05, 4.69) is 15.0 Å². The third-order valence-electron chi connectivity index (χ3n) is 3.14. The monoisotopic (exact) mass is 299 g/mol. The second kappa shape index (κ2) is 4.19. The lowest BCUT2D eigenvalue weighted by atomic mass is 10.1. The van der Waals surface area contributed by atoms with Gasteiger partial charge in [-0.1, -0.05) is 17.7 Å². The maximum atomic E-state index is 12.4. The highest BCUT2D eigenvalue weighted by molar-refractivity contribution is 7.13. The molecule has 2 aromatic heterocycles. The summed E-state index contributed by atoms with van der Waals surface area (Å²) in [6.07, 6.45) is 3.36. The van der Waals surface area contributed by atoms with E-state index in [0.717, 1.165) is 11.1 Å². The zero-order valence-electron chi connectivity index (χ0n) is 10.0. The van der Waals surface area contributed by atoms with Gasteiger partial charge in [-0.05, 0) is 17.7 Å². The summed E-state index contributed by atoms with van der Waals surface area (Å²) in [6, 6.07) is 5.26. The molecule has 0 spiro atoms. The number of benzene rings is 1. The fourth-order valence-corrected chi connectivity index (χ4v) is 3.00. The van der Waals surface area contributed by atoms with Crippen molar-refractivity contribution in [2.45, 2.75) is 0 Å². The first kappa shape index (κ1) is 11.7. The lowest BCUT2D eigenvalue weighted by Gasteiger charge is -2.00. The van der Waals surface area contributed by atoms with Gasteiger partial charge in [0.15, 0.2) is 10.8 Å². The number of nitrogens with zero attached hydrogens (tertiary/aromatic N) is 3. The lowest BCUT2D eigenvalue weighted by molar-refractivity contribution is 0.103. The van der Waals surface area contributed by atoms with Crippen LogP contribution in [0.1, 0.15) is 16.1 Å². The van der Waals surface area contributed by atoms with E-state index in [-0.39, 0.29) is 5.78 Å². The molecule has 0 saturated heterocycles. The number of aromatic nitrogens is 3. The third-order valence-corrected chi connectivity index (χ3v) is 4.15. The molecule has 3 aromatic rings. The van der Waals surface area contributed by atoms with Gasteiger partial charge < -0.3 is 0 Å². The van der Waals surface area contributed by atoms with Crippen LogP contribution in [0.3, 0.4) is 0 Å². The van der Waals surface area contributed by atoms with Crippen molar-refractivity contribution in [3.63, 3.8) is 0 Å². The third kappa shape index (κ3) is 1.60. The highest BCUT2D eigenvalue weighted by Crippen LogP contribution is 2.37. The van der Waals surface area contributed by atoms with Crippen molar-refractivity contribution in [2.24, 2.45) is 0 Å². The Labute approximate surface area is 123 Å². The van der Waals surface area contributed by atoms with Gasteiger partial charge in [0.25, 0.3) is 0 Å². The molecular weight excluding hydrogens is 294 g/mol. The van der Waals surface area contributed by atoms with Gasteiger partial charge in [0.1, 0.15) is 5.69 Å². The summed E-state index contributed by atoms with van der Waals surface area (Å²) in [5.41, 5.74) is 2.59. The van der Waals surface area contributed by atoms with Gasteiger partial charge in [0.2, 0.25) is 5.78 Å². The number of halogens is 1. The van der Waals surface area contributed by atoms with Crippen molar-refractivity contribution in [1.29, 1.82) is 0 Å². The fourth-order valence-electron chi connectivity index (χ4n) is 2.26. The van der Waals surface area contributed by atoms with Gasteiger partial charge in [0, 0.05) is 33.9 Å². The second-order valence-electron chi connectivity index (χ2n) is 4.31. The van der Waals surface area contributed by atoms with E-state index in [1.165, 1.54) is 11.3 Å². The van der Waals surface area contributed by atoms with Crippen molar-refractivity contribution in [1.82, 2.24) is 15.0 Å². The van der Waals surface area contributed by atoms with Crippen LogP contribution in [0.25, 0.3) is 22.0 Å². The van der Waals surface area contributed by atoms with Crippen molar-refractivity contribution >= 4 is 28.7 Å². The van der Waals surface area contributed by atoms with Gasteiger partial charge in [-0.2, -0.15) is 0 Å². The van der Waals surface area contributed by atoms with E-state index in [1.807, 2.05) is 11.4 Å². The molecule has 1 aliphatic rings. The molecule has 1 aromatic carbocycles. The maximum Gasteiger partial charge on any atom is 0.212 e. The Kier molecular flexibility index (Phi) is 2.45. The predicted molar refractivity (Wildman–Crippen MR) is 77.0 cm³/mol. The molecule has 0 amide bonds. The number of carbonyl (C=O) groups is 1. The van der Waals surface area contributed by atoms with Gasteiger partial charge >= 0.3 is 0 Å². The average Bonchev–Trinajstić information content (AvgIpc) is 3.07. The van der Waals surface area contributed by atoms with E-state index in [1.54, 1.807) is 24.5 Å². The summed E-state index contributed by atoms with van der Waals surface area (Å²) in [5.74, 6) is 0.365. The van der Waals surface area contributed by atoms with Gasteiger partial charge in [-0.15, -0.1) is 11.3 Å².